The number of nitrogens with zero attached hydrogens (tertiary/aromatic N) is 1. The molecule has 5 nitrogen and oxygen atoms in total. The number of hydrogen-bond donors (Lipinski definition) is 2. The number of aliphatic hydroxyl groups excluding tert-OH is 1. The molecular formula is C13H16F2N2O3. The Balaban J connectivity index is 2.08. The molecule has 1 aliphatic carbocycles. The quantitative estimate of drug-likeness (QED) is 0.644. The van der Waals surface area contributed by atoms with Crippen LogP contribution in [-0.2, 0) is 0 Å². The topological polar surface area (TPSA) is 75.4 Å². The minimum absolute atomic E-state index is 0.0670. The van der Waals surface area contributed by atoms with Crippen LogP contribution in [0.15, 0.2) is 12.1 Å². The first-order chi connectivity index (χ1) is 9.52. The number of non-ortho nitro benzene ring substituents is 1. The maximum absolute atomic E-state index is 13.7. The van der Waals surface area contributed by atoms with E-state index in [4.69, 9.17) is 0 Å². The lowest BCUT2D eigenvalue weighted by Crippen LogP contribution is -2.21. The number of nitro benzene ring substituents is 1. The summed E-state index contributed by atoms with van der Waals surface area (Å²) in [6, 6.07) is 1.40. The van der Waals surface area contributed by atoms with Crippen LogP contribution in [0.5, 0.6) is 0 Å². The van der Waals surface area contributed by atoms with Gasteiger partial charge in [-0.15, -0.1) is 0 Å². The molecule has 1 saturated carbocycles. The minimum Gasteiger partial charge on any atom is -0.396 e. The van der Waals surface area contributed by atoms with Gasteiger partial charge in [0.05, 0.1) is 17.1 Å². The van der Waals surface area contributed by atoms with E-state index in [1.165, 1.54) is 0 Å². The molecule has 2 atom stereocenters. The van der Waals surface area contributed by atoms with E-state index in [0.29, 0.717) is 18.7 Å². The first-order valence-electron chi connectivity index (χ1n) is 6.51. The first kappa shape index (κ1) is 14.6. The molecule has 1 aromatic rings. The van der Waals surface area contributed by atoms with Crippen LogP contribution < -0.4 is 5.32 Å². The Morgan fingerprint density at radius 1 is 1.30 bits per heavy atom. The average Bonchev–Trinajstić information content (AvgIpc) is 2.84. The van der Waals surface area contributed by atoms with Crippen LogP contribution in [0.25, 0.3) is 0 Å². The molecule has 7 heteroatoms. The van der Waals surface area contributed by atoms with E-state index < -0.39 is 22.2 Å². The summed E-state index contributed by atoms with van der Waals surface area (Å²) in [4.78, 5) is 9.65. The van der Waals surface area contributed by atoms with Gasteiger partial charge in [0.1, 0.15) is 5.69 Å². The van der Waals surface area contributed by atoms with Gasteiger partial charge in [-0.25, -0.2) is 8.78 Å². The minimum atomic E-state index is -0.977. The van der Waals surface area contributed by atoms with Crippen molar-refractivity contribution in [1.29, 1.82) is 0 Å². The standard InChI is InChI=1S/C13H16F2N2O3/c14-11-4-10(17(19)20)5-12(15)13(11)16-6-8-2-1-3-9(8)7-18/h4-5,8-9,16,18H,1-3,6-7H2. The Bertz CT molecular complexity index is 487. The van der Waals surface area contributed by atoms with E-state index in [1.807, 2.05) is 0 Å². The summed E-state index contributed by atoms with van der Waals surface area (Å²) in [5.41, 5.74) is -0.959. The Hall–Kier alpha value is -1.76. The lowest BCUT2D eigenvalue weighted by molar-refractivity contribution is -0.385. The van der Waals surface area contributed by atoms with E-state index in [2.05, 4.69) is 5.32 Å². The lowest BCUT2D eigenvalue weighted by Gasteiger charge is -2.19. The molecular weight excluding hydrogens is 270 g/mol. The van der Waals surface area contributed by atoms with Crippen molar-refractivity contribution in [2.45, 2.75) is 19.3 Å². The summed E-state index contributed by atoms with van der Waals surface area (Å²) >= 11 is 0. The largest absolute Gasteiger partial charge is 0.396 e. The number of hydrogen-bond acceptors (Lipinski definition) is 4. The predicted molar refractivity (Wildman–Crippen MR) is 69.4 cm³/mol. The number of nitro groups is 1. The van der Waals surface area contributed by atoms with Crippen LogP contribution in [0.3, 0.4) is 0 Å². The Morgan fingerprint density at radius 3 is 2.45 bits per heavy atom. The maximum Gasteiger partial charge on any atom is 0.275 e. The molecule has 0 spiro atoms. The van der Waals surface area contributed by atoms with E-state index in [-0.39, 0.29) is 24.1 Å². The fraction of sp³-hybridized carbons (Fsp3) is 0.538. The summed E-state index contributed by atoms with van der Waals surface area (Å²) in [5.74, 6) is -1.65. The summed E-state index contributed by atoms with van der Waals surface area (Å²) in [6.07, 6.45) is 2.80. The Morgan fingerprint density at radius 2 is 1.90 bits per heavy atom. The van der Waals surface area contributed by atoms with Crippen molar-refractivity contribution < 1.29 is 18.8 Å². The van der Waals surface area contributed by atoms with Crippen molar-refractivity contribution in [3.05, 3.63) is 33.9 Å². The fourth-order valence-electron chi connectivity index (χ4n) is 2.69. The average molecular weight is 286 g/mol. The molecule has 20 heavy (non-hydrogen) atoms. The molecule has 1 aromatic carbocycles. The van der Waals surface area contributed by atoms with E-state index >= 15 is 0 Å². The molecule has 110 valence electrons. The number of rotatable bonds is 5. The van der Waals surface area contributed by atoms with Crippen molar-refractivity contribution >= 4 is 11.4 Å². The van der Waals surface area contributed by atoms with Gasteiger partial charge in [-0.1, -0.05) is 6.42 Å². The van der Waals surface area contributed by atoms with Crippen molar-refractivity contribution in [3.8, 4) is 0 Å². The van der Waals surface area contributed by atoms with Crippen molar-refractivity contribution in [2.24, 2.45) is 11.8 Å². The van der Waals surface area contributed by atoms with Crippen molar-refractivity contribution in [3.63, 3.8) is 0 Å². The van der Waals surface area contributed by atoms with Gasteiger partial charge in [-0.3, -0.25) is 10.1 Å². The molecule has 1 fully saturated rings. The highest BCUT2D eigenvalue weighted by atomic mass is 19.1. The molecule has 0 bridgehead atoms. The van der Waals surface area contributed by atoms with E-state index in [0.717, 1.165) is 19.3 Å². The molecule has 0 aromatic heterocycles. The zero-order valence-corrected chi connectivity index (χ0v) is 10.8. The first-order valence-corrected chi connectivity index (χ1v) is 6.51. The molecule has 2 rings (SSSR count). The number of benzene rings is 1. The highest BCUT2D eigenvalue weighted by Gasteiger charge is 2.27. The molecule has 0 amide bonds. The van der Waals surface area contributed by atoms with Gasteiger partial charge in [0.15, 0.2) is 11.6 Å². The maximum atomic E-state index is 13.7. The van der Waals surface area contributed by atoms with Crippen molar-refractivity contribution in [2.75, 3.05) is 18.5 Å². The Kier molecular flexibility index (Phi) is 4.49. The molecule has 0 saturated heterocycles. The zero-order chi connectivity index (χ0) is 14.7. The SMILES string of the molecule is O=[N+]([O-])c1cc(F)c(NCC2CCCC2CO)c(F)c1. The third-order valence-corrected chi connectivity index (χ3v) is 3.83. The second kappa shape index (κ2) is 6.13. The van der Waals surface area contributed by atoms with Gasteiger partial charge in [0.25, 0.3) is 5.69 Å². The second-order valence-corrected chi connectivity index (χ2v) is 5.06. The van der Waals surface area contributed by atoms with Crippen LogP contribution in [0, 0.1) is 33.6 Å². The monoisotopic (exact) mass is 286 g/mol. The van der Waals surface area contributed by atoms with Gasteiger partial charge >= 0.3 is 0 Å². The smallest absolute Gasteiger partial charge is 0.275 e. The normalized spacial score (nSPS) is 21.9. The molecule has 2 unspecified atom stereocenters. The van der Waals surface area contributed by atoms with Crippen LogP contribution in [0.4, 0.5) is 20.2 Å². The molecule has 0 heterocycles. The highest BCUT2D eigenvalue weighted by Crippen LogP contribution is 2.32. The number of aliphatic hydroxyl groups is 1. The lowest BCUT2D eigenvalue weighted by atomic mass is 9.97. The summed E-state index contributed by atoms with van der Waals surface area (Å²) < 4.78 is 27.3. The molecule has 0 radical (unpaired) electrons. The van der Waals surface area contributed by atoms with Gasteiger partial charge in [0, 0.05) is 13.2 Å². The van der Waals surface area contributed by atoms with Crippen LogP contribution >= 0.6 is 0 Å². The van der Waals surface area contributed by atoms with Gasteiger partial charge < -0.3 is 10.4 Å². The highest BCUT2D eigenvalue weighted by molar-refractivity contribution is 5.51. The molecule has 1 aliphatic rings. The molecule has 0 aliphatic heterocycles. The van der Waals surface area contributed by atoms with E-state index in [1.54, 1.807) is 0 Å². The number of anilines is 1. The summed E-state index contributed by atoms with van der Waals surface area (Å²) in [6.45, 7) is 0.411. The van der Waals surface area contributed by atoms with Crippen LogP contribution in [0.2, 0.25) is 0 Å². The zero-order valence-electron chi connectivity index (χ0n) is 10.8. The van der Waals surface area contributed by atoms with Crippen LogP contribution in [-0.4, -0.2) is 23.2 Å². The summed E-state index contributed by atoms with van der Waals surface area (Å²) in [7, 11) is 0. The van der Waals surface area contributed by atoms with E-state index in [9.17, 15) is 24.0 Å². The van der Waals surface area contributed by atoms with Gasteiger partial charge in [0.2, 0.25) is 0 Å². The van der Waals surface area contributed by atoms with Crippen LogP contribution in [0.1, 0.15) is 19.3 Å². The number of halogens is 2. The third kappa shape index (κ3) is 3.04. The Labute approximate surface area is 114 Å². The van der Waals surface area contributed by atoms with Gasteiger partial charge in [-0.05, 0) is 24.7 Å². The second-order valence-electron chi connectivity index (χ2n) is 5.06. The third-order valence-electron chi connectivity index (χ3n) is 3.83. The number of nitrogens with one attached hydrogen (secondary N) is 1. The van der Waals surface area contributed by atoms with Gasteiger partial charge in [-0.2, -0.15) is 0 Å². The summed E-state index contributed by atoms with van der Waals surface area (Å²) in [5, 5.41) is 22.3. The molecule has 2 N–H and O–H groups in total. The van der Waals surface area contributed by atoms with Crippen molar-refractivity contribution in [1.82, 2.24) is 0 Å². The predicted octanol–water partition coefficient (Wildman–Crippen LogP) is 2.69. The fourth-order valence-corrected chi connectivity index (χ4v) is 2.69.